The van der Waals surface area contributed by atoms with Gasteiger partial charge in [-0.2, -0.15) is 5.10 Å². The smallest absolute Gasteiger partial charge is 0.267 e. The lowest BCUT2D eigenvalue weighted by Crippen LogP contribution is -2.24. The Morgan fingerprint density at radius 3 is 2.62 bits per heavy atom. The number of rotatable bonds is 5. The summed E-state index contributed by atoms with van der Waals surface area (Å²) in [6, 6.07) is 8.95. The van der Waals surface area contributed by atoms with E-state index in [9.17, 15) is 4.79 Å². The summed E-state index contributed by atoms with van der Waals surface area (Å²) in [5.41, 5.74) is 4.47. The lowest BCUT2D eigenvalue weighted by molar-refractivity contribution is 0.398. The molecule has 4 aromatic rings. The zero-order chi connectivity index (χ0) is 20.4. The van der Waals surface area contributed by atoms with Gasteiger partial charge in [0.25, 0.3) is 5.56 Å². The van der Waals surface area contributed by atoms with E-state index in [0.29, 0.717) is 17.1 Å². The maximum atomic E-state index is 12.7. The number of ether oxygens (including phenoxy) is 1. The Labute approximate surface area is 166 Å². The Morgan fingerprint density at radius 2 is 1.90 bits per heavy atom. The van der Waals surface area contributed by atoms with Crippen LogP contribution in [0.15, 0.2) is 53.7 Å². The second kappa shape index (κ2) is 7.63. The fourth-order valence-electron chi connectivity index (χ4n) is 2.94. The van der Waals surface area contributed by atoms with Gasteiger partial charge in [0.2, 0.25) is 5.88 Å². The molecule has 0 aliphatic carbocycles. The van der Waals surface area contributed by atoms with E-state index in [1.165, 1.54) is 4.68 Å². The summed E-state index contributed by atoms with van der Waals surface area (Å²) < 4.78 is 8.16. The molecule has 0 aromatic carbocycles. The molecule has 0 amide bonds. The average molecular weight is 389 g/mol. The molecule has 4 aromatic heterocycles. The van der Waals surface area contributed by atoms with E-state index in [0.717, 1.165) is 22.5 Å². The van der Waals surface area contributed by atoms with Gasteiger partial charge in [0.15, 0.2) is 0 Å². The molecule has 0 saturated heterocycles. The van der Waals surface area contributed by atoms with Gasteiger partial charge in [0.1, 0.15) is 5.69 Å². The highest BCUT2D eigenvalue weighted by Crippen LogP contribution is 2.22. The number of aromatic nitrogens is 7. The molecule has 0 N–H and O–H groups in total. The number of hydrogen-bond acceptors (Lipinski definition) is 7. The molecular formula is C20H19N7O2. The predicted molar refractivity (Wildman–Crippen MR) is 106 cm³/mol. The van der Waals surface area contributed by atoms with Crippen LogP contribution in [0.3, 0.4) is 0 Å². The van der Waals surface area contributed by atoms with E-state index < -0.39 is 0 Å². The summed E-state index contributed by atoms with van der Waals surface area (Å²) in [5.74, 6) is 0.476. The molecule has 29 heavy (non-hydrogen) atoms. The molecule has 0 bridgehead atoms. The Balaban J connectivity index is 1.66. The molecule has 0 fully saturated rings. The monoisotopic (exact) mass is 389 g/mol. The van der Waals surface area contributed by atoms with Gasteiger partial charge in [-0.05, 0) is 30.7 Å². The van der Waals surface area contributed by atoms with Crippen LogP contribution >= 0.6 is 0 Å². The maximum absolute atomic E-state index is 12.7. The summed E-state index contributed by atoms with van der Waals surface area (Å²) in [7, 11) is 3.33. The number of methoxy groups -OCH3 is 1. The molecule has 0 aliphatic heterocycles. The first kappa shape index (κ1) is 18.5. The maximum Gasteiger partial charge on any atom is 0.267 e. The standard InChI is InChI=1S/C20H19N7O2/c1-13-4-5-15(10-22-13)20-17(26(2)25-24-20)12-27-19(28)9-16(11-23-27)14-6-7-21-18(8-14)29-3/h4-11H,12H2,1-3H3. The van der Waals surface area contributed by atoms with Crippen molar-refractivity contribution in [3.8, 4) is 28.3 Å². The van der Waals surface area contributed by atoms with Crippen molar-refractivity contribution in [1.29, 1.82) is 0 Å². The Kier molecular flexibility index (Phi) is 4.86. The van der Waals surface area contributed by atoms with Crippen molar-refractivity contribution in [2.24, 2.45) is 7.05 Å². The van der Waals surface area contributed by atoms with Crippen molar-refractivity contribution in [3.05, 3.63) is 70.7 Å². The average Bonchev–Trinajstić information content (AvgIpc) is 3.10. The summed E-state index contributed by atoms with van der Waals surface area (Å²) in [6.07, 6.45) is 5.02. The first-order valence-corrected chi connectivity index (χ1v) is 8.94. The fourth-order valence-corrected chi connectivity index (χ4v) is 2.94. The molecule has 0 atom stereocenters. The van der Waals surface area contributed by atoms with Crippen LogP contribution in [-0.4, -0.2) is 41.9 Å². The molecule has 9 nitrogen and oxygen atoms in total. The fraction of sp³-hybridized carbons (Fsp3) is 0.200. The van der Waals surface area contributed by atoms with Crippen LogP contribution in [0.2, 0.25) is 0 Å². The van der Waals surface area contributed by atoms with Gasteiger partial charge in [-0.25, -0.2) is 14.3 Å². The summed E-state index contributed by atoms with van der Waals surface area (Å²) >= 11 is 0. The van der Waals surface area contributed by atoms with E-state index >= 15 is 0 Å². The number of pyridine rings is 2. The van der Waals surface area contributed by atoms with Crippen molar-refractivity contribution in [1.82, 2.24) is 34.7 Å². The second-order valence-corrected chi connectivity index (χ2v) is 6.52. The van der Waals surface area contributed by atoms with Crippen molar-refractivity contribution in [3.63, 3.8) is 0 Å². The second-order valence-electron chi connectivity index (χ2n) is 6.52. The van der Waals surface area contributed by atoms with Crippen molar-refractivity contribution in [2.75, 3.05) is 7.11 Å². The van der Waals surface area contributed by atoms with Crippen LogP contribution < -0.4 is 10.3 Å². The van der Waals surface area contributed by atoms with Crippen molar-refractivity contribution in [2.45, 2.75) is 13.5 Å². The largest absolute Gasteiger partial charge is 0.481 e. The van der Waals surface area contributed by atoms with Crippen LogP contribution in [-0.2, 0) is 13.6 Å². The molecule has 0 unspecified atom stereocenters. The molecular weight excluding hydrogens is 370 g/mol. The van der Waals surface area contributed by atoms with Crippen LogP contribution in [0, 0.1) is 6.92 Å². The molecule has 146 valence electrons. The normalized spacial score (nSPS) is 10.9. The minimum absolute atomic E-state index is 0.229. The van der Waals surface area contributed by atoms with E-state index in [2.05, 4.69) is 25.4 Å². The van der Waals surface area contributed by atoms with Crippen molar-refractivity contribution >= 4 is 0 Å². The first-order valence-electron chi connectivity index (χ1n) is 8.94. The van der Waals surface area contributed by atoms with Gasteiger partial charge in [-0.15, -0.1) is 5.10 Å². The zero-order valence-electron chi connectivity index (χ0n) is 16.3. The van der Waals surface area contributed by atoms with E-state index in [4.69, 9.17) is 4.74 Å². The van der Waals surface area contributed by atoms with Gasteiger partial charge in [0, 0.05) is 48.4 Å². The zero-order valence-corrected chi connectivity index (χ0v) is 16.3. The SMILES string of the molecule is COc1cc(-c2cnn(Cc3c(-c4ccc(C)nc4)nnn3C)c(=O)c2)ccn1. The van der Waals surface area contributed by atoms with E-state index in [-0.39, 0.29) is 12.1 Å². The Morgan fingerprint density at radius 1 is 1.03 bits per heavy atom. The molecule has 0 spiro atoms. The third-order valence-corrected chi connectivity index (χ3v) is 4.57. The topological polar surface area (TPSA) is 101 Å². The number of aryl methyl sites for hydroxylation is 2. The third-order valence-electron chi connectivity index (χ3n) is 4.57. The Bertz CT molecular complexity index is 1210. The highest BCUT2D eigenvalue weighted by atomic mass is 16.5. The minimum Gasteiger partial charge on any atom is -0.481 e. The highest BCUT2D eigenvalue weighted by Gasteiger charge is 2.15. The molecule has 4 rings (SSSR count). The van der Waals surface area contributed by atoms with Crippen LogP contribution in [0.5, 0.6) is 5.88 Å². The first-order chi connectivity index (χ1) is 14.0. The molecule has 0 radical (unpaired) electrons. The highest BCUT2D eigenvalue weighted by molar-refractivity contribution is 5.63. The van der Waals surface area contributed by atoms with Crippen molar-refractivity contribution < 1.29 is 4.74 Å². The molecule has 0 aliphatic rings. The van der Waals surface area contributed by atoms with Crippen LogP contribution in [0.25, 0.3) is 22.4 Å². The molecule has 4 heterocycles. The quantitative estimate of drug-likeness (QED) is 0.513. The number of hydrogen-bond donors (Lipinski definition) is 0. The molecule has 0 saturated carbocycles. The van der Waals surface area contributed by atoms with Gasteiger partial charge >= 0.3 is 0 Å². The lowest BCUT2D eigenvalue weighted by atomic mass is 10.1. The summed E-state index contributed by atoms with van der Waals surface area (Å²) in [5, 5.41) is 12.7. The predicted octanol–water partition coefficient (Wildman–Crippen LogP) is 1.86. The van der Waals surface area contributed by atoms with E-state index in [1.807, 2.05) is 19.1 Å². The summed E-state index contributed by atoms with van der Waals surface area (Å²) in [4.78, 5) is 21.1. The number of nitrogens with zero attached hydrogens (tertiary/aromatic N) is 7. The molecule has 9 heteroatoms. The van der Waals surface area contributed by atoms with E-state index in [1.54, 1.807) is 55.6 Å². The van der Waals surface area contributed by atoms with Crippen LogP contribution in [0.1, 0.15) is 11.4 Å². The Hall–Kier alpha value is -3.88. The van der Waals surface area contributed by atoms with Gasteiger partial charge in [-0.1, -0.05) is 5.21 Å². The van der Waals surface area contributed by atoms with Crippen LogP contribution in [0.4, 0.5) is 0 Å². The minimum atomic E-state index is -0.229. The lowest BCUT2D eigenvalue weighted by Gasteiger charge is -2.08. The van der Waals surface area contributed by atoms with Gasteiger partial charge in [-0.3, -0.25) is 9.78 Å². The van der Waals surface area contributed by atoms with Gasteiger partial charge in [0.05, 0.1) is 25.5 Å². The third kappa shape index (κ3) is 3.75. The van der Waals surface area contributed by atoms with Gasteiger partial charge < -0.3 is 4.74 Å². The summed E-state index contributed by atoms with van der Waals surface area (Å²) in [6.45, 7) is 2.16.